The fourth-order valence-electron chi connectivity index (χ4n) is 3.61. The molecule has 2 rings (SSSR count). The summed E-state index contributed by atoms with van der Waals surface area (Å²) in [5.74, 6) is 0.689. The molecule has 0 N–H and O–H groups in total. The van der Waals surface area contributed by atoms with Crippen molar-refractivity contribution >= 4 is 15.9 Å². The number of benzene rings is 1. The second-order valence-electron chi connectivity index (χ2n) is 7.39. The first-order valence-electron chi connectivity index (χ1n) is 9.59. The summed E-state index contributed by atoms with van der Waals surface area (Å²) in [6.07, 6.45) is 5.33. The zero-order chi connectivity index (χ0) is 19.2. The molecule has 1 aliphatic heterocycles. The maximum atomic E-state index is 12.5. The van der Waals surface area contributed by atoms with Crippen molar-refractivity contribution in [1.29, 1.82) is 0 Å². The summed E-state index contributed by atoms with van der Waals surface area (Å²) in [5, 5.41) is 0. The van der Waals surface area contributed by atoms with Crippen molar-refractivity contribution in [3.8, 4) is 0 Å². The van der Waals surface area contributed by atoms with Crippen molar-refractivity contribution in [1.82, 2.24) is 9.21 Å². The molecular formula is C20H32N2O3S. The predicted octanol–water partition coefficient (Wildman–Crippen LogP) is 2.92. The lowest BCUT2D eigenvalue weighted by Gasteiger charge is -2.33. The van der Waals surface area contributed by atoms with E-state index in [1.54, 1.807) is 0 Å². The average molecular weight is 381 g/mol. The van der Waals surface area contributed by atoms with Crippen LogP contribution in [0.3, 0.4) is 0 Å². The summed E-state index contributed by atoms with van der Waals surface area (Å²) in [5.41, 5.74) is 1.36. The summed E-state index contributed by atoms with van der Waals surface area (Å²) in [7, 11) is -3.28. The minimum atomic E-state index is -3.28. The fourth-order valence-corrected chi connectivity index (χ4v) is 4.84. The van der Waals surface area contributed by atoms with Gasteiger partial charge in [0.2, 0.25) is 15.9 Å². The monoisotopic (exact) mass is 380 g/mol. The maximum absolute atomic E-state index is 12.5. The molecule has 0 aliphatic carbocycles. The minimum Gasteiger partial charge on any atom is -0.343 e. The van der Waals surface area contributed by atoms with Crippen LogP contribution in [-0.2, 0) is 21.2 Å². The molecule has 6 heteroatoms. The number of carbonyl (C=O) groups is 1. The van der Waals surface area contributed by atoms with Gasteiger partial charge >= 0.3 is 0 Å². The van der Waals surface area contributed by atoms with Crippen molar-refractivity contribution in [2.75, 3.05) is 25.9 Å². The molecule has 1 unspecified atom stereocenters. The van der Waals surface area contributed by atoms with E-state index in [1.165, 1.54) is 16.1 Å². The van der Waals surface area contributed by atoms with Crippen molar-refractivity contribution in [3.05, 3.63) is 35.9 Å². The van der Waals surface area contributed by atoms with Crippen LogP contribution in [0.4, 0.5) is 0 Å². The number of carbonyl (C=O) groups excluding carboxylic acids is 1. The van der Waals surface area contributed by atoms with Crippen LogP contribution >= 0.6 is 0 Å². The van der Waals surface area contributed by atoms with E-state index < -0.39 is 10.0 Å². The molecule has 1 atom stereocenters. The number of sulfonamides is 1. The minimum absolute atomic E-state index is 0.0696. The summed E-state index contributed by atoms with van der Waals surface area (Å²) >= 11 is 0. The molecule has 0 bridgehead atoms. The van der Waals surface area contributed by atoms with Gasteiger partial charge in [0, 0.05) is 32.1 Å². The molecule has 0 saturated carbocycles. The molecule has 1 aromatic rings. The number of nitrogens with zero attached hydrogens (tertiary/aromatic N) is 2. The molecule has 1 aliphatic rings. The Kier molecular flexibility index (Phi) is 7.65. The predicted molar refractivity (Wildman–Crippen MR) is 105 cm³/mol. The van der Waals surface area contributed by atoms with E-state index in [1.807, 2.05) is 24.8 Å². The van der Waals surface area contributed by atoms with Crippen molar-refractivity contribution in [3.63, 3.8) is 0 Å². The largest absolute Gasteiger partial charge is 0.343 e. The van der Waals surface area contributed by atoms with E-state index in [0.717, 1.165) is 38.8 Å². The SMILES string of the molecule is CCC(C)N(CCC(=O)N1CCC(Cc2ccccc2)CC1)S(C)(=O)=O. The maximum Gasteiger partial charge on any atom is 0.223 e. The molecule has 146 valence electrons. The zero-order valence-corrected chi connectivity index (χ0v) is 17.0. The van der Waals surface area contributed by atoms with E-state index in [4.69, 9.17) is 0 Å². The lowest BCUT2D eigenvalue weighted by Crippen LogP contribution is -2.43. The first kappa shape index (κ1) is 20.9. The van der Waals surface area contributed by atoms with Gasteiger partial charge in [-0.2, -0.15) is 4.31 Å². The molecule has 0 spiro atoms. The van der Waals surface area contributed by atoms with Crippen molar-refractivity contribution in [2.24, 2.45) is 5.92 Å². The third-order valence-electron chi connectivity index (χ3n) is 5.39. The Bertz CT molecular complexity index is 668. The van der Waals surface area contributed by atoms with Gasteiger partial charge in [-0.1, -0.05) is 37.3 Å². The highest BCUT2D eigenvalue weighted by Crippen LogP contribution is 2.22. The molecule has 0 aromatic heterocycles. The number of hydrogen-bond donors (Lipinski definition) is 0. The second kappa shape index (κ2) is 9.51. The van der Waals surface area contributed by atoms with Crippen LogP contribution in [0.15, 0.2) is 30.3 Å². The van der Waals surface area contributed by atoms with Gasteiger partial charge in [0.05, 0.1) is 6.26 Å². The van der Waals surface area contributed by atoms with Gasteiger partial charge in [-0.05, 0) is 44.1 Å². The summed E-state index contributed by atoms with van der Waals surface area (Å²) in [6, 6.07) is 10.4. The second-order valence-corrected chi connectivity index (χ2v) is 9.33. The Hall–Kier alpha value is -1.40. The van der Waals surface area contributed by atoms with Crippen LogP contribution in [0.5, 0.6) is 0 Å². The highest BCUT2D eigenvalue weighted by molar-refractivity contribution is 7.88. The molecular weight excluding hydrogens is 348 g/mol. The number of piperidine rings is 1. The van der Waals surface area contributed by atoms with Gasteiger partial charge in [0.15, 0.2) is 0 Å². The Labute approximate surface area is 158 Å². The Balaban J connectivity index is 1.80. The molecule has 1 aromatic carbocycles. The topological polar surface area (TPSA) is 57.7 Å². The Morgan fingerprint density at radius 2 is 1.85 bits per heavy atom. The van der Waals surface area contributed by atoms with Gasteiger partial charge in [-0.25, -0.2) is 8.42 Å². The van der Waals surface area contributed by atoms with Gasteiger partial charge in [0.1, 0.15) is 0 Å². The molecule has 1 fully saturated rings. The highest BCUT2D eigenvalue weighted by atomic mass is 32.2. The number of hydrogen-bond acceptors (Lipinski definition) is 3. The lowest BCUT2D eigenvalue weighted by atomic mass is 9.90. The normalized spacial score (nSPS) is 17.5. The Morgan fingerprint density at radius 1 is 1.23 bits per heavy atom. The first-order valence-corrected chi connectivity index (χ1v) is 11.4. The number of rotatable bonds is 8. The molecule has 1 saturated heterocycles. The Morgan fingerprint density at radius 3 is 2.38 bits per heavy atom. The van der Waals surface area contributed by atoms with Crippen LogP contribution in [0, 0.1) is 5.92 Å². The third-order valence-corrected chi connectivity index (χ3v) is 6.78. The van der Waals surface area contributed by atoms with Crippen LogP contribution in [0.1, 0.15) is 45.1 Å². The van der Waals surface area contributed by atoms with Gasteiger partial charge in [-0.15, -0.1) is 0 Å². The average Bonchev–Trinajstić information content (AvgIpc) is 2.62. The standard InChI is InChI=1S/C20H32N2O3S/c1-4-17(2)22(26(3,24)25)15-12-20(23)21-13-10-19(11-14-21)16-18-8-6-5-7-9-18/h5-9,17,19H,4,10-16H2,1-3H3. The number of likely N-dealkylation sites (tertiary alicyclic amines) is 1. The molecule has 1 heterocycles. The molecule has 26 heavy (non-hydrogen) atoms. The van der Waals surface area contributed by atoms with E-state index in [0.29, 0.717) is 5.92 Å². The fraction of sp³-hybridized carbons (Fsp3) is 0.650. The zero-order valence-electron chi connectivity index (χ0n) is 16.2. The van der Waals surface area contributed by atoms with Gasteiger partial charge in [-0.3, -0.25) is 4.79 Å². The summed E-state index contributed by atoms with van der Waals surface area (Å²) in [6.45, 7) is 5.68. The summed E-state index contributed by atoms with van der Waals surface area (Å²) < 4.78 is 25.3. The quantitative estimate of drug-likeness (QED) is 0.697. The smallest absolute Gasteiger partial charge is 0.223 e. The number of amides is 1. The van der Waals surface area contributed by atoms with Gasteiger partial charge < -0.3 is 4.90 Å². The van der Waals surface area contributed by atoms with Gasteiger partial charge in [0.25, 0.3) is 0 Å². The molecule has 5 nitrogen and oxygen atoms in total. The van der Waals surface area contributed by atoms with E-state index in [9.17, 15) is 13.2 Å². The summed E-state index contributed by atoms with van der Waals surface area (Å²) in [4.78, 5) is 14.4. The van der Waals surface area contributed by atoms with Crippen LogP contribution in [-0.4, -0.2) is 55.5 Å². The molecule has 0 radical (unpaired) electrons. The third kappa shape index (κ3) is 6.09. The van der Waals surface area contributed by atoms with Crippen molar-refractivity contribution < 1.29 is 13.2 Å². The van der Waals surface area contributed by atoms with E-state index >= 15 is 0 Å². The lowest BCUT2D eigenvalue weighted by molar-refractivity contribution is -0.132. The van der Waals surface area contributed by atoms with E-state index in [-0.39, 0.29) is 24.9 Å². The first-order chi connectivity index (χ1) is 12.3. The van der Waals surface area contributed by atoms with Crippen LogP contribution in [0.2, 0.25) is 0 Å². The highest BCUT2D eigenvalue weighted by Gasteiger charge is 2.26. The van der Waals surface area contributed by atoms with E-state index in [2.05, 4.69) is 24.3 Å². The van der Waals surface area contributed by atoms with Crippen molar-refractivity contribution in [2.45, 2.75) is 52.0 Å². The van der Waals surface area contributed by atoms with Crippen LogP contribution < -0.4 is 0 Å². The van der Waals surface area contributed by atoms with Crippen LogP contribution in [0.25, 0.3) is 0 Å². The molecule has 1 amide bonds.